The van der Waals surface area contributed by atoms with Crippen LogP contribution in [0.15, 0.2) is 48.9 Å². The van der Waals surface area contributed by atoms with Gasteiger partial charge in [0.25, 0.3) is 0 Å². The quantitative estimate of drug-likeness (QED) is 0.737. The summed E-state index contributed by atoms with van der Waals surface area (Å²) in [6.07, 6.45) is 5.61. The van der Waals surface area contributed by atoms with E-state index in [2.05, 4.69) is 31.6 Å². The first kappa shape index (κ1) is 14.5. The van der Waals surface area contributed by atoms with Gasteiger partial charge >= 0.3 is 0 Å². The first-order chi connectivity index (χ1) is 12.4. The lowest BCUT2D eigenvalue weighted by molar-refractivity contribution is 0.173. The van der Waals surface area contributed by atoms with Gasteiger partial charge in [0.15, 0.2) is 11.5 Å². The fourth-order valence-corrected chi connectivity index (χ4v) is 3.50. The topological polar surface area (TPSA) is 52.4 Å². The Morgan fingerprint density at radius 3 is 2.80 bits per heavy atom. The van der Waals surface area contributed by atoms with Crippen LogP contribution in [0, 0.1) is 0 Å². The van der Waals surface area contributed by atoms with Crippen molar-refractivity contribution in [2.45, 2.75) is 19.6 Å². The van der Waals surface area contributed by atoms with Crippen LogP contribution in [-0.4, -0.2) is 32.8 Å². The molecule has 0 aliphatic carbocycles. The molecular weight excluding hydrogens is 316 g/mol. The van der Waals surface area contributed by atoms with E-state index in [1.807, 2.05) is 36.8 Å². The van der Waals surface area contributed by atoms with Gasteiger partial charge in [-0.2, -0.15) is 0 Å². The Morgan fingerprint density at radius 2 is 1.88 bits per heavy atom. The molecule has 0 saturated heterocycles. The molecule has 0 fully saturated rings. The number of pyridine rings is 1. The molecule has 0 saturated carbocycles. The van der Waals surface area contributed by atoms with Crippen molar-refractivity contribution in [3.05, 3.63) is 60.3 Å². The predicted octanol–water partition coefficient (Wildman–Crippen LogP) is 2.69. The van der Waals surface area contributed by atoms with Crippen molar-refractivity contribution < 1.29 is 9.47 Å². The van der Waals surface area contributed by atoms with E-state index >= 15 is 0 Å². The molecule has 3 aromatic rings. The molecule has 126 valence electrons. The standard InChI is InChI=1S/C19H18N4O2/c1-2-17-18(25-13-24-17)9-14(1)11-22-7-8-23-16(10-21-19(23)12-22)15-3-5-20-6-4-15/h1-6,9-10H,7-8,11-13H2. The van der Waals surface area contributed by atoms with Crippen LogP contribution in [0.5, 0.6) is 11.5 Å². The molecule has 2 aromatic heterocycles. The van der Waals surface area contributed by atoms with E-state index in [0.717, 1.165) is 49.1 Å². The van der Waals surface area contributed by atoms with E-state index in [1.165, 1.54) is 11.3 Å². The van der Waals surface area contributed by atoms with E-state index in [4.69, 9.17) is 9.47 Å². The summed E-state index contributed by atoms with van der Waals surface area (Å²) in [7, 11) is 0. The Morgan fingerprint density at radius 1 is 1.00 bits per heavy atom. The fourth-order valence-electron chi connectivity index (χ4n) is 3.50. The van der Waals surface area contributed by atoms with Gasteiger partial charge in [-0.15, -0.1) is 0 Å². The summed E-state index contributed by atoms with van der Waals surface area (Å²) >= 11 is 0. The highest BCUT2D eigenvalue weighted by atomic mass is 16.7. The van der Waals surface area contributed by atoms with Crippen LogP contribution in [0.2, 0.25) is 0 Å². The fraction of sp³-hybridized carbons (Fsp3) is 0.263. The molecule has 0 spiro atoms. The monoisotopic (exact) mass is 334 g/mol. The Balaban J connectivity index is 1.34. The van der Waals surface area contributed by atoms with Crippen LogP contribution in [0.1, 0.15) is 11.4 Å². The maximum Gasteiger partial charge on any atom is 0.231 e. The van der Waals surface area contributed by atoms with Gasteiger partial charge in [0.2, 0.25) is 6.79 Å². The largest absolute Gasteiger partial charge is 0.454 e. The molecular formula is C19H18N4O2. The number of hydrogen-bond donors (Lipinski definition) is 0. The van der Waals surface area contributed by atoms with Gasteiger partial charge in [-0.3, -0.25) is 9.88 Å². The minimum absolute atomic E-state index is 0.317. The van der Waals surface area contributed by atoms with Crippen molar-refractivity contribution in [2.24, 2.45) is 0 Å². The Kier molecular flexibility index (Phi) is 3.41. The molecule has 0 bridgehead atoms. The molecule has 2 aliphatic rings. The van der Waals surface area contributed by atoms with Gasteiger partial charge in [-0.1, -0.05) is 6.07 Å². The highest BCUT2D eigenvalue weighted by molar-refractivity contribution is 5.58. The molecule has 0 radical (unpaired) electrons. The van der Waals surface area contributed by atoms with Crippen LogP contribution < -0.4 is 9.47 Å². The third-order valence-electron chi connectivity index (χ3n) is 4.76. The summed E-state index contributed by atoms with van der Waals surface area (Å²) in [5, 5.41) is 0. The van der Waals surface area contributed by atoms with Crippen molar-refractivity contribution >= 4 is 0 Å². The van der Waals surface area contributed by atoms with Crippen LogP contribution in [0.4, 0.5) is 0 Å². The summed E-state index contributed by atoms with van der Waals surface area (Å²) in [5.74, 6) is 2.79. The third kappa shape index (κ3) is 2.64. The van der Waals surface area contributed by atoms with Crippen LogP contribution >= 0.6 is 0 Å². The number of imidazole rings is 1. The SMILES string of the molecule is c1cc(-c2cnc3n2CCN(Cc2ccc4c(c2)OCO4)C3)ccn1. The second-order valence-corrected chi connectivity index (χ2v) is 6.35. The van der Waals surface area contributed by atoms with Gasteiger partial charge in [0, 0.05) is 37.6 Å². The van der Waals surface area contributed by atoms with Crippen molar-refractivity contribution in [1.82, 2.24) is 19.4 Å². The summed E-state index contributed by atoms with van der Waals surface area (Å²) in [5.41, 5.74) is 3.57. The molecule has 0 amide bonds. The predicted molar refractivity (Wildman–Crippen MR) is 92.1 cm³/mol. The molecule has 0 unspecified atom stereocenters. The Bertz CT molecular complexity index is 907. The second kappa shape index (κ2) is 5.89. The van der Waals surface area contributed by atoms with Gasteiger partial charge < -0.3 is 14.0 Å². The molecule has 5 rings (SSSR count). The van der Waals surface area contributed by atoms with Crippen LogP contribution in [-0.2, 0) is 19.6 Å². The first-order valence-corrected chi connectivity index (χ1v) is 8.42. The number of benzene rings is 1. The van der Waals surface area contributed by atoms with Crippen molar-refractivity contribution in [2.75, 3.05) is 13.3 Å². The zero-order valence-corrected chi connectivity index (χ0v) is 13.8. The molecule has 0 N–H and O–H groups in total. The maximum atomic E-state index is 5.47. The van der Waals surface area contributed by atoms with Gasteiger partial charge in [0.05, 0.1) is 18.4 Å². The van der Waals surface area contributed by atoms with E-state index in [0.29, 0.717) is 6.79 Å². The molecule has 2 aliphatic heterocycles. The van der Waals surface area contributed by atoms with Crippen LogP contribution in [0.3, 0.4) is 0 Å². The van der Waals surface area contributed by atoms with Gasteiger partial charge in [-0.05, 0) is 29.8 Å². The second-order valence-electron chi connectivity index (χ2n) is 6.35. The van der Waals surface area contributed by atoms with E-state index in [9.17, 15) is 0 Å². The highest BCUT2D eigenvalue weighted by Gasteiger charge is 2.21. The van der Waals surface area contributed by atoms with E-state index in [1.54, 1.807) is 0 Å². The lowest BCUT2D eigenvalue weighted by Gasteiger charge is -2.28. The maximum absolute atomic E-state index is 5.47. The minimum atomic E-state index is 0.317. The zero-order chi connectivity index (χ0) is 16.6. The summed E-state index contributed by atoms with van der Waals surface area (Å²) in [6.45, 7) is 3.98. The lowest BCUT2D eigenvalue weighted by atomic mass is 10.1. The number of ether oxygens (including phenoxy) is 2. The van der Waals surface area contributed by atoms with Crippen molar-refractivity contribution in [1.29, 1.82) is 0 Å². The number of hydrogen-bond acceptors (Lipinski definition) is 5. The third-order valence-corrected chi connectivity index (χ3v) is 4.76. The van der Waals surface area contributed by atoms with E-state index in [-0.39, 0.29) is 0 Å². The molecule has 25 heavy (non-hydrogen) atoms. The number of aromatic nitrogens is 3. The highest BCUT2D eigenvalue weighted by Crippen LogP contribution is 2.33. The summed E-state index contributed by atoms with van der Waals surface area (Å²) in [6, 6.07) is 10.2. The number of rotatable bonds is 3. The molecule has 6 heteroatoms. The van der Waals surface area contributed by atoms with Crippen LogP contribution in [0.25, 0.3) is 11.3 Å². The number of nitrogens with zero attached hydrogens (tertiary/aromatic N) is 4. The lowest BCUT2D eigenvalue weighted by Crippen LogP contribution is -2.33. The average molecular weight is 334 g/mol. The first-order valence-electron chi connectivity index (χ1n) is 8.42. The van der Waals surface area contributed by atoms with Crippen molar-refractivity contribution in [3.8, 4) is 22.8 Å². The molecule has 6 nitrogen and oxygen atoms in total. The molecule has 1 aromatic carbocycles. The molecule has 0 atom stereocenters. The Hall–Kier alpha value is -2.86. The smallest absolute Gasteiger partial charge is 0.231 e. The average Bonchev–Trinajstić information content (AvgIpc) is 3.28. The van der Waals surface area contributed by atoms with Crippen molar-refractivity contribution in [3.63, 3.8) is 0 Å². The molecule has 4 heterocycles. The van der Waals surface area contributed by atoms with Gasteiger partial charge in [0.1, 0.15) is 5.82 Å². The summed E-state index contributed by atoms with van der Waals surface area (Å²) < 4.78 is 13.2. The Labute approximate surface area is 145 Å². The normalized spacial score (nSPS) is 16.0. The van der Waals surface area contributed by atoms with Gasteiger partial charge in [-0.25, -0.2) is 4.98 Å². The zero-order valence-electron chi connectivity index (χ0n) is 13.8. The van der Waals surface area contributed by atoms with E-state index < -0.39 is 0 Å². The number of fused-ring (bicyclic) bond motifs is 2. The minimum Gasteiger partial charge on any atom is -0.454 e. The summed E-state index contributed by atoms with van der Waals surface area (Å²) in [4.78, 5) is 11.1.